The van der Waals surface area contributed by atoms with Crippen molar-refractivity contribution in [2.24, 2.45) is 5.92 Å². The van der Waals surface area contributed by atoms with Crippen LogP contribution in [0.1, 0.15) is 81.5 Å². The van der Waals surface area contributed by atoms with Crippen LogP contribution in [-0.4, -0.2) is 16.9 Å². The first-order valence-corrected chi connectivity index (χ1v) is 11.5. The molecule has 0 radical (unpaired) electrons. The molecule has 0 fully saturated rings. The van der Waals surface area contributed by atoms with E-state index in [4.69, 9.17) is 11.6 Å². The number of carbonyl (C=O) groups excluding carboxylic acids is 1. The second-order valence-electron chi connectivity index (χ2n) is 8.01. The van der Waals surface area contributed by atoms with Gasteiger partial charge in [0, 0.05) is 17.0 Å². The first-order valence-electron chi connectivity index (χ1n) is 11.1. The van der Waals surface area contributed by atoms with Gasteiger partial charge in [0.05, 0.1) is 5.92 Å². The number of Topliss-reactive ketones (excluding diaryl/α,β-unsaturated/α-hetero) is 1. The van der Waals surface area contributed by atoms with Crippen LogP contribution in [0.3, 0.4) is 0 Å². The molecule has 0 amide bonds. The van der Waals surface area contributed by atoms with Crippen molar-refractivity contribution in [2.75, 3.05) is 0 Å². The van der Waals surface area contributed by atoms with E-state index in [1.807, 2.05) is 36.4 Å². The van der Waals surface area contributed by atoms with Gasteiger partial charge < -0.3 is 5.11 Å². The molecule has 0 aliphatic carbocycles. The monoisotopic (exact) mass is 428 g/mol. The van der Waals surface area contributed by atoms with Crippen LogP contribution in [0.15, 0.2) is 48.5 Å². The normalized spacial score (nSPS) is 11.9. The van der Waals surface area contributed by atoms with Gasteiger partial charge in [0.25, 0.3) is 0 Å². The lowest BCUT2D eigenvalue weighted by atomic mass is 9.92. The van der Waals surface area contributed by atoms with Gasteiger partial charge in [0.1, 0.15) is 0 Å². The van der Waals surface area contributed by atoms with E-state index in [9.17, 15) is 14.7 Å². The molecule has 0 heterocycles. The summed E-state index contributed by atoms with van der Waals surface area (Å²) in [5.74, 6) is -1.58. The van der Waals surface area contributed by atoms with Crippen molar-refractivity contribution in [3.8, 4) is 11.1 Å². The molecule has 0 aromatic heterocycles. The predicted octanol–water partition coefficient (Wildman–Crippen LogP) is 7.81. The van der Waals surface area contributed by atoms with Gasteiger partial charge in [-0.3, -0.25) is 9.59 Å². The largest absolute Gasteiger partial charge is 0.481 e. The standard InChI is InChI=1S/C26H33ClO3/c1-2-3-4-5-6-7-8-9-10-23(26(29)30)19-25(28)22-13-11-20(12-14-22)21-15-17-24(27)18-16-21/h11-18,23H,2-10,19H2,1H3,(H,29,30). The first-order chi connectivity index (χ1) is 14.5. The zero-order chi connectivity index (χ0) is 21.8. The third-order valence-corrected chi connectivity index (χ3v) is 5.82. The highest BCUT2D eigenvalue weighted by Crippen LogP contribution is 2.23. The fourth-order valence-electron chi connectivity index (χ4n) is 3.67. The van der Waals surface area contributed by atoms with Crippen molar-refractivity contribution in [3.05, 3.63) is 59.1 Å². The minimum Gasteiger partial charge on any atom is -0.481 e. The molecule has 4 heteroatoms. The number of ketones is 1. The van der Waals surface area contributed by atoms with Gasteiger partial charge in [-0.15, -0.1) is 0 Å². The Labute approximate surface area is 185 Å². The fraction of sp³-hybridized carbons (Fsp3) is 0.462. The Balaban J connectivity index is 1.81. The molecule has 3 nitrogen and oxygen atoms in total. The van der Waals surface area contributed by atoms with Crippen LogP contribution in [0.5, 0.6) is 0 Å². The summed E-state index contributed by atoms with van der Waals surface area (Å²) in [6.07, 6.45) is 10.0. The van der Waals surface area contributed by atoms with Gasteiger partial charge in [0.2, 0.25) is 0 Å². The van der Waals surface area contributed by atoms with Crippen molar-refractivity contribution in [2.45, 2.75) is 71.1 Å². The molecular weight excluding hydrogens is 396 g/mol. The van der Waals surface area contributed by atoms with E-state index in [-0.39, 0.29) is 12.2 Å². The summed E-state index contributed by atoms with van der Waals surface area (Å²) in [6, 6.07) is 14.9. The van der Waals surface area contributed by atoms with Crippen molar-refractivity contribution in [1.82, 2.24) is 0 Å². The van der Waals surface area contributed by atoms with E-state index in [0.717, 1.165) is 30.4 Å². The molecule has 0 aliphatic rings. The van der Waals surface area contributed by atoms with Crippen LogP contribution in [0.4, 0.5) is 0 Å². The molecule has 162 valence electrons. The molecule has 2 aromatic carbocycles. The minimum absolute atomic E-state index is 0.0616. The van der Waals surface area contributed by atoms with E-state index in [1.165, 1.54) is 32.1 Å². The summed E-state index contributed by atoms with van der Waals surface area (Å²) in [6.45, 7) is 2.21. The van der Waals surface area contributed by atoms with E-state index in [1.54, 1.807) is 12.1 Å². The number of hydrogen-bond acceptors (Lipinski definition) is 2. The number of aliphatic carboxylic acids is 1. The van der Waals surface area contributed by atoms with Crippen LogP contribution in [0.25, 0.3) is 11.1 Å². The third-order valence-electron chi connectivity index (χ3n) is 5.57. The fourth-order valence-corrected chi connectivity index (χ4v) is 3.80. The van der Waals surface area contributed by atoms with Gasteiger partial charge in [-0.2, -0.15) is 0 Å². The van der Waals surface area contributed by atoms with Crippen molar-refractivity contribution < 1.29 is 14.7 Å². The summed E-state index contributed by atoms with van der Waals surface area (Å²) in [7, 11) is 0. The maximum Gasteiger partial charge on any atom is 0.306 e. The summed E-state index contributed by atoms with van der Waals surface area (Å²) in [5.41, 5.74) is 2.59. The Morgan fingerprint density at radius 3 is 1.83 bits per heavy atom. The van der Waals surface area contributed by atoms with Crippen LogP contribution in [0.2, 0.25) is 5.02 Å². The number of carboxylic acid groups (broad SMARTS) is 1. The van der Waals surface area contributed by atoms with Crippen LogP contribution in [-0.2, 0) is 4.79 Å². The van der Waals surface area contributed by atoms with Gasteiger partial charge in [-0.05, 0) is 29.7 Å². The second-order valence-corrected chi connectivity index (χ2v) is 8.45. The molecule has 30 heavy (non-hydrogen) atoms. The molecular formula is C26H33ClO3. The van der Waals surface area contributed by atoms with Gasteiger partial charge in [-0.1, -0.05) is 106 Å². The lowest BCUT2D eigenvalue weighted by Gasteiger charge is -2.12. The Bertz CT molecular complexity index is 781. The molecule has 2 aromatic rings. The van der Waals surface area contributed by atoms with E-state index in [0.29, 0.717) is 17.0 Å². The summed E-state index contributed by atoms with van der Waals surface area (Å²) in [4.78, 5) is 24.2. The Morgan fingerprint density at radius 2 is 1.30 bits per heavy atom. The number of halogens is 1. The molecule has 1 unspecified atom stereocenters. The Morgan fingerprint density at radius 1 is 0.800 bits per heavy atom. The Hall–Kier alpha value is -2.13. The lowest BCUT2D eigenvalue weighted by Crippen LogP contribution is -2.18. The molecule has 2 rings (SSSR count). The van der Waals surface area contributed by atoms with Crippen LogP contribution < -0.4 is 0 Å². The van der Waals surface area contributed by atoms with Gasteiger partial charge >= 0.3 is 5.97 Å². The van der Waals surface area contributed by atoms with Crippen LogP contribution >= 0.6 is 11.6 Å². The van der Waals surface area contributed by atoms with Crippen molar-refractivity contribution in [1.29, 1.82) is 0 Å². The molecule has 1 N–H and O–H groups in total. The number of unbranched alkanes of at least 4 members (excludes halogenated alkanes) is 7. The van der Waals surface area contributed by atoms with Crippen molar-refractivity contribution in [3.63, 3.8) is 0 Å². The lowest BCUT2D eigenvalue weighted by molar-refractivity contribution is -0.141. The zero-order valence-electron chi connectivity index (χ0n) is 17.9. The number of carboxylic acids is 1. The topological polar surface area (TPSA) is 54.4 Å². The quantitative estimate of drug-likeness (QED) is 0.246. The summed E-state index contributed by atoms with van der Waals surface area (Å²) >= 11 is 5.93. The molecule has 0 bridgehead atoms. The Kier molecular flexibility index (Phi) is 10.6. The third kappa shape index (κ3) is 8.31. The van der Waals surface area contributed by atoms with Crippen molar-refractivity contribution >= 4 is 23.4 Å². The number of carbonyl (C=O) groups is 2. The second kappa shape index (κ2) is 13.2. The van der Waals surface area contributed by atoms with E-state index >= 15 is 0 Å². The van der Waals surface area contributed by atoms with Crippen LogP contribution in [0, 0.1) is 5.92 Å². The highest BCUT2D eigenvalue weighted by molar-refractivity contribution is 6.30. The SMILES string of the molecule is CCCCCCCCCCC(CC(=O)c1ccc(-c2ccc(Cl)cc2)cc1)C(=O)O. The highest BCUT2D eigenvalue weighted by atomic mass is 35.5. The zero-order valence-corrected chi connectivity index (χ0v) is 18.7. The number of benzene rings is 2. The molecule has 0 spiro atoms. The smallest absolute Gasteiger partial charge is 0.306 e. The van der Waals surface area contributed by atoms with E-state index < -0.39 is 11.9 Å². The predicted molar refractivity (Wildman–Crippen MR) is 124 cm³/mol. The molecule has 0 saturated heterocycles. The average Bonchev–Trinajstić information content (AvgIpc) is 2.75. The molecule has 0 saturated carbocycles. The average molecular weight is 429 g/mol. The minimum atomic E-state index is -0.871. The number of hydrogen-bond donors (Lipinski definition) is 1. The van der Waals surface area contributed by atoms with E-state index in [2.05, 4.69) is 6.92 Å². The summed E-state index contributed by atoms with van der Waals surface area (Å²) < 4.78 is 0. The highest BCUT2D eigenvalue weighted by Gasteiger charge is 2.21. The maximum absolute atomic E-state index is 12.6. The van der Waals surface area contributed by atoms with Gasteiger partial charge in [-0.25, -0.2) is 0 Å². The first kappa shape index (κ1) is 24.1. The van der Waals surface area contributed by atoms with Gasteiger partial charge in [0.15, 0.2) is 5.78 Å². The molecule has 1 atom stereocenters. The summed E-state index contributed by atoms with van der Waals surface area (Å²) in [5, 5.41) is 10.2. The molecule has 0 aliphatic heterocycles. The number of rotatable bonds is 14. The maximum atomic E-state index is 12.6.